The third kappa shape index (κ3) is 2.83. The van der Waals surface area contributed by atoms with Crippen molar-refractivity contribution < 1.29 is 15.0 Å². The number of aromatic nitrogens is 1. The number of carbonyl (C=O) groups is 1. The topological polar surface area (TPSA) is 62.5 Å². The normalized spacial score (nSPS) is 10.6. The number of aliphatic hydroxyl groups is 1. The van der Waals surface area contributed by atoms with Crippen molar-refractivity contribution in [1.82, 2.24) is 4.57 Å². The molecule has 15 heavy (non-hydrogen) atoms. The molecular formula is C11H17NO3. The first-order valence-electron chi connectivity index (χ1n) is 5.04. The second-order valence-electron chi connectivity index (χ2n) is 3.70. The third-order valence-corrected chi connectivity index (χ3v) is 2.56. The highest BCUT2D eigenvalue weighted by atomic mass is 16.4. The summed E-state index contributed by atoms with van der Waals surface area (Å²) in [5.74, 6) is -0.808. The molecule has 0 aliphatic carbocycles. The van der Waals surface area contributed by atoms with E-state index in [0.29, 0.717) is 6.42 Å². The molecular weight excluding hydrogens is 194 g/mol. The average molecular weight is 211 g/mol. The van der Waals surface area contributed by atoms with Gasteiger partial charge in [-0.1, -0.05) is 0 Å². The van der Waals surface area contributed by atoms with Gasteiger partial charge in [-0.25, -0.2) is 0 Å². The Kier molecular flexibility index (Phi) is 3.91. The van der Waals surface area contributed by atoms with Crippen LogP contribution in [0, 0.1) is 13.8 Å². The minimum absolute atomic E-state index is 0.0683. The third-order valence-electron chi connectivity index (χ3n) is 2.56. The lowest BCUT2D eigenvalue weighted by Crippen LogP contribution is -2.06. The Hall–Kier alpha value is -1.29. The number of carboxylic acid groups (broad SMARTS) is 1. The first kappa shape index (κ1) is 11.8. The Morgan fingerprint density at radius 3 is 2.67 bits per heavy atom. The van der Waals surface area contributed by atoms with Crippen molar-refractivity contribution >= 4 is 5.97 Å². The number of carboxylic acids is 1. The smallest absolute Gasteiger partial charge is 0.307 e. The highest BCUT2D eigenvalue weighted by Gasteiger charge is 2.11. The Balaban J connectivity index is 2.87. The van der Waals surface area contributed by atoms with Gasteiger partial charge in [-0.3, -0.25) is 4.79 Å². The summed E-state index contributed by atoms with van der Waals surface area (Å²) in [5, 5.41) is 17.5. The molecule has 0 spiro atoms. The number of aliphatic carboxylic acids is 1. The lowest BCUT2D eigenvalue weighted by Gasteiger charge is -2.08. The van der Waals surface area contributed by atoms with E-state index in [1.54, 1.807) is 0 Å². The van der Waals surface area contributed by atoms with Gasteiger partial charge < -0.3 is 14.8 Å². The van der Waals surface area contributed by atoms with E-state index >= 15 is 0 Å². The molecule has 0 amide bonds. The highest BCUT2D eigenvalue weighted by Crippen LogP contribution is 2.16. The van der Waals surface area contributed by atoms with Crippen LogP contribution in [0.2, 0.25) is 0 Å². The number of aliphatic hydroxyl groups excluding tert-OH is 1. The Morgan fingerprint density at radius 2 is 2.13 bits per heavy atom. The molecule has 0 radical (unpaired) electrons. The van der Waals surface area contributed by atoms with Crippen molar-refractivity contribution in [1.29, 1.82) is 0 Å². The van der Waals surface area contributed by atoms with E-state index in [4.69, 9.17) is 10.2 Å². The van der Waals surface area contributed by atoms with E-state index in [1.807, 2.05) is 19.9 Å². The van der Waals surface area contributed by atoms with E-state index in [9.17, 15) is 4.79 Å². The van der Waals surface area contributed by atoms with Crippen LogP contribution in [-0.2, 0) is 17.8 Å². The van der Waals surface area contributed by atoms with Gasteiger partial charge in [0.05, 0.1) is 6.42 Å². The predicted octanol–water partition coefficient (Wildman–Crippen LogP) is 1.11. The quantitative estimate of drug-likeness (QED) is 0.767. The van der Waals surface area contributed by atoms with Gasteiger partial charge >= 0.3 is 5.97 Å². The first-order chi connectivity index (χ1) is 7.06. The second kappa shape index (κ2) is 4.98. The van der Waals surface area contributed by atoms with Crippen molar-refractivity contribution in [3.63, 3.8) is 0 Å². The largest absolute Gasteiger partial charge is 0.481 e. The lowest BCUT2D eigenvalue weighted by atomic mass is 10.2. The van der Waals surface area contributed by atoms with Crippen molar-refractivity contribution in [3.05, 3.63) is 23.0 Å². The van der Waals surface area contributed by atoms with Crippen molar-refractivity contribution in [2.75, 3.05) is 6.61 Å². The van der Waals surface area contributed by atoms with Crippen LogP contribution in [-0.4, -0.2) is 27.4 Å². The predicted molar refractivity (Wildman–Crippen MR) is 56.9 cm³/mol. The summed E-state index contributed by atoms with van der Waals surface area (Å²) in [7, 11) is 0. The van der Waals surface area contributed by atoms with E-state index in [0.717, 1.165) is 23.5 Å². The molecule has 2 N–H and O–H groups in total. The Labute approximate surface area is 89.2 Å². The van der Waals surface area contributed by atoms with Crippen LogP contribution in [0.5, 0.6) is 0 Å². The van der Waals surface area contributed by atoms with Crippen LogP contribution in [0.3, 0.4) is 0 Å². The summed E-state index contributed by atoms with van der Waals surface area (Å²) in [5.41, 5.74) is 2.90. The maximum atomic E-state index is 10.6. The van der Waals surface area contributed by atoms with Crippen LogP contribution in [0.1, 0.15) is 23.4 Å². The zero-order valence-electron chi connectivity index (χ0n) is 9.16. The van der Waals surface area contributed by atoms with Crippen LogP contribution in [0.25, 0.3) is 0 Å². The molecule has 0 bridgehead atoms. The van der Waals surface area contributed by atoms with Crippen LogP contribution >= 0.6 is 0 Å². The highest BCUT2D eigenvalue weighted by molar-refractivity contribution is 5.70. The molecule has 0 aliphatic rings. The van der Waals surface area contributed by atoms with Gasteiger partial charge in [0, 0.05) is 24.5 Å². The van der Waals surface area contributed by atoms with Crippen molar-refractivity contribution in [2.45, 2.75) is 33.2 Å². The Morgan fingerprint density at radius 1 is 1.47 bits per heavy atom. The number of aryl methyl sites for hydroxylation is 1. The molecule has 0 fully saturated rings. The molecule has 1 rings (SSSR count). The molecule has 0 aliphatic heterocycles. The molecule has 1 heterocycles. The fourth-order valence-electron chi connectivity index (χ4n) is 1.79. The van der Waals surface area contributed by atoms with E-state index in [2.05, 4.69) is 4.57 Å². The SMILES string of the molecule is Cc1cc(CC(=O)O)c(C)n1CCCO. The molecule has 1 aromatic rings. The summed E-state index contributed by atoms with van der Waals surface area (Å²) in [6, 6.07) is 1.90. The van der Waals surface area contributed by atoms with Gasteiger partial charge in [0.2, 0.25) is 0 Å². The van der Waals surface area contributed by atoms with E-state index < -0.39 is 5.97 Å². The maximum Gasteiger partial charge on any atom is 0.307 e. The van der Waals surface area contributed by atoms with Gasteiger partial charge in [-0.2, -0.15) is 0 Å². The minimum atomic E-state index is -0.808. The first-order valence-corrected chi connectivity index (χ1v) is 5.04. The molecule has 0 saturated carbocycles. The monoisotopic (exact) mass is 211 g/mol. The number of hydrogen-bond donors (Lipinski definition) is 2. The van der Waals surface area contributed by atoms with Gasteiger partial charge in [0.15, 0.2) is 0 Å². The average Bonchev–Trinajstić information content (AvgIpc) is 2.39. The Bertz CT molecular complexity index is 355. The molecule has 4 heteroatoms. The van der Waals surface area contributed by atoms with Crippen LogP contribution in [0.15, 0.2) is 6.07 Å². The van der Waals surface area contributed by atoms with Gasteiger partial charge in [-0.05, 0) is 31.9 Å². The fourth-order valence-corrected chi connectivity index (χ4v) is 1.79. The fraction of sp³-hybridized carbons (Fsp3) is 0.545. The molecule has 0 aromatic carbocycles. The van der Waals surface area contributed by atoms with Crippen LogP contribution in [0.4, 0.5) is 0 Å². The number of rotatable bonds is 5. The molecule has 4 nitrogen and oxygen atoms in total. The zero-order valence-corrected chi connectivity index (χ0v) is 9.16. The zero-order chi connectivity index (χ0) is 11.4. The molecule has 0 saturated heterocycles. The van der Waals surface area contributed by atoms with Gasteiger partial charge in [0.25, 0.3) is 0 Å². The molecule has 0 unspecified atom stereocenters. The summed E-state index contributed by atoms with van der Waals surface area (Å²) in [4.78, 5) is 10.6. The maximum absolute atomic E-state index is 10.6. The van der Waals surface area contributed by atoms with Crippen LogP contribution < -0.4 is 0 Å². The van der Waals surface area contributed by atoms with Crippen molar-refractivity contribution in [2.24, 2.45) is 0 Å². The molecule has 84 valence electrons. The van der Waals surface area contributed by atoms with Crippen molar-refractivity contribution in [3.8, 4) is 0 Å². The van der Waals surface area contributed by atoms with Gasteiger partial charge in [0.1, 0.15) is 0 Å². The minimum Gasteiger partial charge on any atom is -0.481 e. The summed E-state index contributed by atoms with van der Waals surface area (Å²) < 4.78 is 2.05. The van der Waals surface area contributed by atoms with E-state index in [-0.39, 0.29) is 13.0 Å². The molecule has 0 atom stereocenters. The summed E-state index contributed by atoms with van der Waals surface area (Å²) >= 11 is 0. The number of hydrogen-bond acceptors (Lipinski definition) is 2. The number of nitrogens with zero attached hydrogens (tertiary/aromatic N) is 1. The lowest BCUT2D eigenvalue weighted by molar-refractivity contribution is -0.136. The summed E-state index contributed by atoms with van der Waals surface area (Å²) in [6.07, 6.45) is 0.766. The standard InChI is InChI=1S/C11H17NO3/c1-8-6-10(7-11(14)15)9(2)12(8)4-3-5-13/h6,13H,3-5,7H2,1-2H3,(H,14,15). The second-order valence-corrected chi connectivity index (χ2v) is 3.70. The van der Waals surface area contributed by atoms with Gasteiger partial charge in [-0.15, -0.1) is 0 Å². The molecule has 1 aromatic heterocycles. The summed E-state index contributed by atoms with van der Waals surface area (Å²) in [6.45, 7) is 4.78. The van der Waals surface area contributed by atoms with E-state index in [1.165, 1.54) is 0 Å².